The lowest BCUT2D eigenvalue weighted by Crippen LogP contribution is -2.23. The lowest BCUT2D eigenvalue weighted by Gasteiger charge is -2.12. The summed E-state index contributed by atoms with van der Waals surface area (Å²) in [5.74, 6) is 0.366. The second-order valence-corrected chi connectivity index (χ2v) is 4.11. The number of benzene rings is 1. The maximum absolute atomic E-state index is 9.28. The van der Waals surface area contributed by atoms with Gasteiger partial charge in [0.05, 0.1) is 0 Å². The van der Waals surface area contributed by atoms with Crippen LogP contribution in [-0.2, 0) is 6.42 Å². The molecule has 1 aliphatic rings. The van der Waals surface area contributed by atoms with Crippen LogP contribution < -0.4 is 5.32 Å². The van der Waals surface area contributed by atoms with E-state index < -0.39 is 0 Å². The van der Waals surface area contributed by atoms with Crippen molar-refractivity contribution in [2.45, 2.75) is 32.2 Å². The molecule has 2 nitrogen and oxygen atoms in total. The summed E-state index contributed by atoms with van der Waals surface area (Å²) < 4.78 is 0. The first-order valence-corrected chi connectivity index (χ1v) is 5.27. The molecule has 0 aromatic heterocycles. The Morgan fingerprint density at radius 2 is 2.36 bits per heavy atom. The van der Waals surface area contributed by atoms with Gasteiger partial charge in [-0.15, -0.1) is 0 Å². The highest BCUT2D eigenvalue weighted by molar-refractivity contribution is 5.34. The second kappa shape index (κ2) is 4.01. The predicted molar refractivity (Wildman–Crippen MR) is 57.6 cm³/mol. The summed E-state index contributed by atoms with van der Waals surface area (Å²) in [5, 5.41) is 12.8. The van der Waals surface area contributed by atoms with Crippen LogP contribution in [0.25, 0.3) is 0 Å². The quantitative estimate of drug-likeness (QED) is 0.749. The van der Waals surface area contributed by atoms with Crippen LogP contribution in [0, 0.1) is 6.92 Å². The van der Waals surface area contributed by atoms with Crippen molar-refractivity contribution in [2.24, 2.45) is 0 Å². The van der Waals surface area contributed by atoms with Crippen molar-refractivity contribution in [3.63, 3.8) is 0 Å². The van der Waals surface area contributed by atoms with E-state index in [1.165, 1.54) is 24.0 Å². The Morgan fingerprint density at radius 1 is 1.50 bits per heavy atom. The number of aromatic hydroxyl groups is 1. The third-order valence-corrected chi connectivity index (χ3v) is 2.95. The van der Waals surface area contributed by atoms with Gasteiger partial charge >= 0.3 is 0 Å². The first-order valence-electron chi connectivity index (χ1n) is 5.27. The van der Waals surface area contributed by atoms with E-state index in [2.05, 4.69) is 12.2 Å². The summed E-state index contributed by atoms with van der Waals surface area (Å²) in [7, 11) is 0. The SMILES string of the molecule is Cc1cc(O)ccc1CC1CCCN1. The lowest BCUT2D eigenvalue weighted by molar-refractivity contribution is 0.474. The molecule has 1 atom stereocenters. The third-order valence-electron chi connectivity index (χ3n) is 2.95. The van der Waals surface area contributed by atoms with Crippen molar-refractivity contribution in [3.8, 4) is 5.75 Å². The number of rotatable bonds is 2. The van der Waals surface area contributed by atoms with Crippen molar-refractivity contribution in [2.75, 3.05) is 6.54 Å². The Morgan fingerprint density at radius 3 is 3.00 bits per heavy atom. The fourth-order valence-electron chi connectivity index (χ4n) is 2.11. The van der Waals surface area contributed by atoms with E-state index >= 15 is 0 Å². The minimum atomic E-state index is 0.366. The first-order chi connectivity index (χ1) is 6.75. The zero-order valence-electron chi connectivity index (χ0n) is 8.59. The van der Waals surface area contributed by atoms with Crippen LogP contribution >= 0.6 is 0 Å². The molecule has 1 aromatic rings. The van der Waals surface area contributed by atoms with Gasteiger partial charge < -0.3 is 10.4 Å². The van der Waals surface area contributed by atoms with Crippen molar-refractivity contribution in [1.82, 2.24) is 5.32 Å². The van der Waals surface area contributed by atoms with Gasteiger partial charge in [-0.2, -0.15) is 0 Å². The van der Waals surface area contributed by atoms with Crippen LogP contribution in [0.4, 0.5) is 0 Å². The van der Waals surface area contributed by atoms with Crippen molar-refractivity contribution < 1.29 is 5.11 Å². The van der Waals surface area contributed by atoms with Gasteiger partial charge in [0.15, 0.2) is 0 Å². The summed E-state index contributed by atoms with van der Waals surface area (Å²) in [6.07, 6.45) is 3.66. The highest BCUT2D eigenvalue weighted by Gasteiger charge is 2.15. The second-order valence-electron chi connectivity index (χ2n) is 4.11. The summed E-state index contributed by atoms with van der Waals surface area (Å²) in [6.45, 7) is 3.21. The summed E-state index contributed by atoms with van der Waals surface area (Å²) >= 11 is 0. The number of aryl methyl sites for hydroxylation is 1. The number of hydrogen-bond acceptors (Lipinski definition) is 2. The maximum Gasteiger partial charge on any atom is 0.115 e. The van der Waals surface area contributed by atoms with Crippen LogP contribution in [-0.4, -0.2) is 17.7 Å². The number of phenols is 1. The Hall–Kier alpha value is -1.02. The number of nitrogens with one attached hydrogen (secondary N) is 1. The Kier molecular flexibility index (Phi) is 2.73. The fourth-order valence-corrected chi connectivity index (χ4v) is 2.11. The standard InChI is InChI=1S/C12H17NO/c1-9-7-12(14)5-4-10(9)8-11-3-2-6-13-11/h4-5,7,11,13-14H,2-3,6,8H2,1H3. The average Bonchev–Trinajstić information content (AvgIpc) is 2.62. The normalized spacial score (nSPS) is 21.4. The molecule has 1 unspecified atom stereocenters. The molecule has 1 aromatic carbocycles. The minimum Gasteiger partial charge on any atom is -0.508 e. The number of phenolic OH excluding ortho intramolecular Hbond substituents is 1. The molecule has 1 aliphatic heterocycles. The summed E-state index contributed by atoms with van der Waals surface area (Å²) in [6, 6.07) is 6.28. The molecule has 0 bridgehead atoms. The van der Waals surface area contributed by atoms with E-state index in [1.54, 1.807) is 6.07 Å². The van der Waals surface area contributed by atoms with Crippen LogP contribution in [0.3, 0.4) is 0 Å². The molecule has 1 heterocycles. The molecule has 0 spiro atoms. The molecule has 0 aliphatic carbocycles. The van der Waals surface area contributed by atoms with E-state index in [0.29, 0.717) is 11.8 Å². The van der Waals surface area contributed by atoms with E-state index in [0.717, 1.165) is 13.0 Å². The van der Waals surface area contributed by atoms with Gasteiger partial charge in [-0.1, -0.05) is 6.07 Å². The van der Waals surface area contributed by atoms with Crippen LogP contribution in [0.1, 0.15) is 24.0 Å². The van der Waals surface area contributed by atoms with Gasteiger partial charge in [-0.05, 0) is 56.0 Å². The van der Waals surface area contributed by atoms with E-state index in [1.807, 2.05) is 12.1 Å². The molecule has 2 heteroatoms. The molecule has 2 N–H and O–H groups in total. The molecule has 1 fully saturated rings. The highest BCUT2D eigenvalue weighted by Crippen LogP contribution is 2.19. The molecular weight excluding hydrogens is 174 g/mol. The monoisotopic (exact) mass is 191 g/mol. The van der Waals surface area contributed by atoms with Gasteiger partial charge in [0.1, 0.15) is 5.75 Å². The van der Waals surface area contributed by atoms with Gasteiger partial charge in [-0.25, -0.2) is 0 Å². The highest BCUT2D eigenvalue weighted by atomic mass is 16.3. The lowest BCUT2D eigenvalue weighted by atomic mass is 10.00. The molecule has 0 amide bonds. The van der Waals surface area contributed by atoms with Crippen molar-refractivity contribution in [3.05, 3.63) is 29.3 Å². The third kappa shape index (κ3) is 2.07. The zero-order chi connectivity index (χ0) is 9.97. The fraction of sp³-hybridized carbons (Fsp3) is 0.500. The van der Waals surface area contributed by atoms with Crippen LogP contribution in [0.5, 0.6) is 5.75 Å². The topological polar surface area (TPSA) is 32.3 Å². The Balaban J connectivity index is 2.08. The molecule has 2 rings (SSSR count). The minimum absolute atomic E-state index is 0.366. The molecule has 1 saturated heterocycles. The largest absolute Gasteiger partial charge is 0.508 e. The van der Waals surface area contributed by atoms with Gasteiger partial charge in [0.25, 0.3) is 0 Å². The Bertz CT molecular complexity index is 316. The predicted octanol–water partition coefficient (Wildman–Crippen LogP) is 2.00. The first kappa shape index (κ1) is 9.53. The van der Waals surface area contributed by atoms with E-state index in [4.69, 9.17) is 0 Å². The Labute approximate surface area is 85.0 Å². The van der Waals surface area contributed by atoms with Crippen LogP contribution in [0.15, 0.2) is 18.2 Å². The zero-order valence-corrected chi connectivity index (χ0v) is 8.59. The maximum atomic E-state index is 9.28. The molecule has 76 valence electrons. The van der Waals surface area contributed by atoms with Gasteiger partial charge in [-0.3, -0.25) is 0 Å². The van der Waals surface area contributed by atoms with E-state index in [-0.39, 0.29) is 0 Å². The van der Waals surface area contributed by atoms with E-state index in [9.17, 15) is 5.11 Å². The summed E-state index contributed by atoms with van der Waals surface area (Å²) in [5.41, 5.74) is 2.54. The van der Waals surface area contributed by atoms with Crippen molar-refractivity contribution in [1.29, 1.82) is 0 Å². The smallest absolute Gasteiger partial charge is 0.115 e. The molecule has 0 saturated carbocycles. The van der Waals surface area contributed by atoms with Gasteiger partial charge in [0, 0.05) is 6.04 Å². The molecule has 0 radical (unpaired) electrons. The average molecular weight is 191 g/mol. The van der Waals surface area contributed by atoms with Crippen molar-refractivity contribution >= 4 is 0 Å². The van der Waals surface area contributed by atoms with Gasteiger partial charge in [0.2, 0.25) is 0 Å². The number of hydrogen-bond donors (Lipinski definition) is 2. The summed E-state index contributed by atoms with van der Waals surface area (Å²) in [4.78, 5) is 0. The van der Waals surface area contributed by atoms with Crippen LogP contribution in [0.2, 0.25) is 0 Å². The molecule has 14 heavy (non-hydrogen) atoms. The molecular formula is C12H17NO.